The fraction of sp³-hybridized carbons (Fsp3) is 0.556. The van der Waals surface area contributed by atoms with Crippen LogP contribution in [0.25, 0.3) is 0 Å². The van der Waals surface area contributed by atoms with Gasteiger partial charge in [0.05, 0.1) is 10.7 Å². The number of nitrogens with one attached hydrogen (secondary N) is 1. The van der Waals surface area contributed by atoms with Crippen LogP contribution in [0.1, 0.15) is 17.1 Å². The number of rotatable bonds is 5. The summed E-state index contributed by atoms with van der Waals surface area (Å²) in [6.45, 7) is 0.627. The van der Waals surface area contributed by atoms with Crippen molar-refractivity contribution in [3.05, 3.63) is 16.1 Å². The van der Waals surface area contributed by atoms with Crippen LogP contribution in [0.15, 0.2) is 5.38 Å². The number of nitrogens with zero attached hydrogens (tertiary/aromatic N) is 1. The zero-order valence-electron chi connectivity index (χ0n) is 8.25. The van der Waals surface area contributed by atoms with Gasteiger partial charge in [-0.05, 0) is 13.0 Å². The second-order valence-corrected chi connectivity index (χ2v) is 3.89. The maximum atomic E-state index is 11.0. The molecule has 0 fully saturated rings. The Labute approximate surface area is 87.5 Å². The average Bonchev–Trinajstić information content (AvgIpc) is 2.63. The van der Waals surface area contributed by atoms with Crippen molar-refractivity contribution in [2.45, 2.75) is 19.3 Å². The molecule has 4 nitrogen and oxygen atoms in total. The summed E-state index contributed by atoms with van der Waals surface area (Å²) in [4.78, 5) is 15.3. The van der Waals surface area contributed by atoms with Crippen molar-refractivity contribution < 1.29 is 4.79 Å². The fourth-order valence-corrected chi connectivity index (χ4v) is 1.92. The van der Waals surface area contributed by atoms with Crippen LogP contribution in [-0.2, 0) is 17.6 Å². The van der Waals surface area contributed by atoms with Gasteiger partial charge in [0, 0.05) is 25.3 Å². The standard InChI is InChI=1S/C9H15N3OS/c1-11-8(13)3-2-7-6-14-9(12-7)4-5-10/h6H,2-5,10H2,1H3,(H,11,13). The molecule has 0 aliphatic heterocycles. The van der Waals surface area contributed by atoms with Crippen molar-refractivity contribution in [2.75, 3.05) is 13.6 Å². The zero-order chi connectivity index (χ0) is 10.4. The molecule has 78 valence electrons. The molecular weight excluding hydrogens is 198 g/mol. The van der Waals surface area contributed by atoms with Crippen molar-refractivity contribution in [3.8, 4) is 0 Å². The van der Waals surface area contributed by atoms with E-state index in [2.05, 4.69) is 10.3 Å². The summed E-state index contributed by atoms with van der Waals surface area (Å²) in [5.74, 6) is 0.0541. The molecule has 0 spiro atoms. The molecule has 1 aromatic rings. The van der Waals surface area contributed by atoms with Gasteiger partial charge in [-0.2, -0.15) is 0 Å². The first-order chi connectivity index (χ1) is 6.76. The number of hydrogen-bond acceptors (Lipinski definition) is 4. The Morgan fingerprint density at radius 2 is 2.43 bits per heavy atom. The third kappa shape index (κ3) is 3.43. The third-order valence-electron chi connectivity index (χ3n) is 1.84. The molecule has 0 saturated heterocycles. The predicted octanol–water partition coefficient (Wildman–Crippen LogP) is 0.323. The quantitative estimate of drug-likeness (QED) is 0.740. The van der Waals surface area contributed by atoms with E-state index >= 15 is 0 Å². The van der Waals surface area contributed by atoms with E-state index in [1.165, 1.54) is 0 Å². The van der Waals surface area contributed by atoms with E-state index in [4.69, 9.17) is 5.73 Å². The highest BCUT2D eigenvalue weighted by Crippen LogP contribution is 2.11. The highest BCUT2D eigenvalue weighted by Gasteiger charge is 2.03. The molecule has 0 radical (unpaired) electrons. The molecule has 1 amide bonds. The molecule has 0 saturated carbocycles. The monoisotopic (exact) mass is 213 g/mol. The molecule has 14 heavy (non-hydrogen) atoms. The third-order valence-corrected chi connectivity index (χ3v) is 2.80. The number of amides is 1. The van der Waals surface area contributed by atoms with E-state index < -0.39 is 0 Å². The molecule has 0 aliphatic carbocycles. The van der Waals surface area contributed by atoms with Gasteiger partial charge in [-0.15, -0.1) is 11.3 Å². The molecule has 0 atom stereocenters. The second-order valence-electron chi connectivity index (χ2n) is 2.94. The molecule has 5 heteroatoms. The Bertz CT molecular complexity index is 298. The molecule has 0 unspecified atom stereocenters. The highest BCUT2D eigenvalue weighted by molar-refractivity contribution is 7.09. The van der Waals surface area contributed by atoms with Gasteiger partial charge >= 0.3 is 0 Å². The Hall–Kier alpha value is -0.940. The van der Waals surface area contributed by atoms with Gasteiger partial charge < -0.3 is 11.1 Å². The van der Waals surface area contributed by atoms with Crippen molar-refractivity contribution in [2.24, 2.45) is 5.73 Å². The Balaban J connectivity index is 2.39. The van der Waals surface area contributed by atoms with Crippen LogP contribution in [0.5, 0.6) is 0 Å². The fourth-order valence-electron chi connectivity index (χ4n) is 1.07. The average molecular weight is 213 g/mol. The highest BCUT2D eigenvalue weighted by atomic mass is 32.1. The lowest BCUT2D eigenvalue weighted by molar-refractivity contribution is -0.120. The minimum Gasteiger partial charge on any atom is -0.359 e. The number of nitrogens with two attached hydrogens (primary N) is 1. The first-order valence-corrected chi connectivity index (χ1v) is 5.48. The van der Waals surface area contributed by atoms with Crippen LogP contribution in [0.2, 0.25) is 0 Å². The van der Waals surface area contributed by atoms with Crippen LogP contribution in [0.3, 0.4) is 0 Å². The molecule has 1 rings (SSSR count). The summed E-state index contributed by atoms with van der Waals surface area (Å²) in [7, 11) is 1.64. The van der Waals surface area contributed by atoms with Crippen molar-refractivity contribution in [3.63, 3.8) is 0 Å². The number of carbonyl (C=O) groups is 1. The topological polar surface area (TPSA) is 68.0 Å². The van der Waals surface area contributed by atoms with Gasteiger partial charge in [-0.25, -0.2) is 4.98 Å². The zero-order valence-corrected chi connectivity index (χ0v) is 9.06. The summed E-state index contributed by atoms with van der Waals surface area (Å²) >= 11 is 1.61. The normalized spacial score (nSPS) is 10.1. The Morgan fingerprint density at radius 1 is 1.64 bits per heavy atom. The van der Waals surface area contributed by atoms with Gasteiger partial charge in [0.1, 0.15) is 0 Å². The van der Waals surface area contributed by atoms with E-state index in [1.54, 1.807) is 18.4 Å². The molecule has 0 aromatic carbocycles. The maximum Gasteiger partial charge on any atom is 0.220 e. The largest absolute Gasteiger partial charge is 0.359 e. The van der Waals surface area contributed by atoms with E-state index in [-0.39, 0.29) is 5.91 Å². The van der Waals surface area contributed by atoms with Gasteiger partial charge in [0.25, 0.3) is 0 Å². The predicted molar refractivity (Wildman–Crippen MR) is 57.3 cm³/mol. The number of aromatic nitrogens is 1. The van der Waals surface area contributed by atoms with Crippen molar-refractivity contribution in [1.82, 2.24) is 10.3 Å². The molecule has 3 N–H and O–H groups in total. The van der Waals surface area contributed by atoms with Gasteiger partial charge in [-0.1, -0.05) is 0 Å². The van der Waals surface area contributed by atoms with E-state index in [0.29, 0.717) is 19.4 Å². The summed E-state index contributed by atoms with van der Waals surface area (Å²) < 4.78 is 0. The van der Waals surface area contributed by atoms with Crippen LogP contribution in [-0.4, -0.2) is 24.5 Å². The SMILES string of the molecule is CNC(=O)CCc1csc(CCN)n1. The van der Waals surface area contributed by atoms with Gasteiger partial charge in [0.15, 0.2) is 0 Å². The van der Waals surface area contributed by atoms with Crippen molar-refractivity contribution in [1.29, 1.82) is 0 Å². The summed E-state index contributed by atoms with van der Waals surface area (Å²) in [5.41, 5.74) is 6.40. The lowest BCUT2D eigenvalue weighted by atomic mass is 10.2. The van der Waals surface area contributed by atoms with Crippen LogP contribution < -0.4 is 11.1 Å². The number of thiazole rings is 1. The molecule has 0 bridgehead atoms. The van der Waals surface area contributed by atoms with E-state index in [1.807, 2.05) is 5.38 Å². The summed E-state index contributed by atoms with van der Waals surface area (Å²) in [6, 6.07) is 0. The van der Waals surface area contributed by atoms with E-state index in [0.717, 1.165) is 17.1 Å². The number of aryl methyl sites for hydroxylation is 1. The smallest absolute Gasteiger partial charge is 0.220 e. The summed E-state index contributed by atoms with van der Waals surface area (Å²) in [5, 5.41) is 5.63. The first-order valence-electron chi connectivity index (χ1n) is 4.60. The van der Waals surface area contributed by atoms with Crippen LogP contribution >= 0.6 is 11.3 Å². The van der Waals surface area contributed by atoms with E-state index in [9.17, 15) is 4.79 Å². The molecule has 1 aromatic heterocycles. The lowest BCUT2D eigenvalue weighted by Crippen LogP contribution is -2.18. The molecular formula is C9H15N3OS. The maximum absolute atomic E-state index is 11.0. The van der Waals surface area contributed by atoms with Crippen LogP contribution in [0.4, 0.5) is 0 Å². The minimum atomic E-state index is 0.0541. The second kappa shape index (κ2) is 5.72. The molecule has 0 aliphatic rings. The first kappa shape index (κ1) is 11.1. The Morgan fingerprint density at radius 3 is 3.07 bits per heavy atom. The minimum absolute atomic E-state index is 0.0541. The lowest BCUT2D eigenvalue weighted by Gasteiger charge is -1.96. The number of hydrogen-bond donors (Lipinski definition) is 2. The number of carbonyl (C=O) groups excluding carboxylic acids is 1. The Kier molecular flexibility index (Phi) is 4.55. The van der Waals surface area contributed by atoms with Gasteiger partial charge in [-0.3, -0.25) is 4.79 Å². The summed E-state index contributed by atoms with van der Waals surface area (Å²) in [6.07, 6.45) is 2.04. The van der Waals surface area contributed by atoms with Gasteiger partial charge in [0.2, 0.25) is 5.91 Å². The molecule has 1 heterocycles. The van der Waals surface area contributed by atoms with Crippen molar-refractivity contribution >= 4 is 17.2 Å². The van der Waals surface area contributed by atoms with Crippen LogP contribution in [0, 0.1) is 0 Å².